The van der Waals surface area contributed by atoms with Crippen molar-refractivity contribution in [2.45, 2.75) is 46.6 Å². The highest BCUT2D eigenvalue weighted by molar-refractivity contribution is 8.13. The van der Waals surface area contributed by atoms with Crippen LogP contribution >= 0.6 is 19.6 Å². The molecular formula is C17H31N2O7PS. The minimum atomic E-state index is -3.74. The molecule has 1 unspecified atom stereocenters. The predicted molar refractivity (Wildman–Crippen MR) is 107 cm³/mol. The summed E-state index contributed by atoms with van der Waals surface area (Å²) in [5.74, 6) is 0.126. The molecule has 0 aromatic rings. The minimum absolute atomic E-state index is 0.0455. The van der Waals surface area contributed by atoms with Crippen molar-refractivity contribution in [2.75, 3.05) is 32.6 Å². The monoisotopic (exact) mass is 438 g/mol. The first-order chi connectivity index (χ1) is 13.0. The van der Waals surface area contributed by atoms with E-state index in [1.54, 1.807) is 13.8 Å². The van der Waals surface area contributed by atoms with Crippen LogP contribution in [0.3, 0.4) is 0 Å². The number of carbonyl (C=O) groups excluding carboxylic acids is 3. The predicted octanol–water partition coefficient (Wildman–Crippen LogP) is 2.11. The zero-order valence-corrected chi connectivity index (χ0v) is 18.8. The molecule has 1 heterocycles. The molecule has 2 atom stereocenters. The first-order valence-electron chi connectivity index (χ1n) is 9.18. The molecule has 0 spiro atoms. The van der Waals surface area contributed by atoms with Crippen molar-refractivity contribution in [1.29, 1.82) is 0 Å². The maximum Gasteiger partial charge on any atom is 0.475 e. The van der Waals surface area contributed by atoms with Gasteiger partial charge >= 0.3 is 7.82 Å². The van der Waals surface area contributed by atoms with Crippen molar-refractivity contribution >= 4 is 36.5 Å². The number of phosphoric acid groups is 1. The third-order valence-electron chi connectivity index (χ3n) is 3.91. The standard InChI is InChI=1S/C17H31N2O7PS/c1-12(2)10-14(21)28-9-8-18-13(20)6-7-19-16(22)15-17(3,4)11-25-27(23,24-5)26-15/h12,15H,6-11H2,1-5H3,(H,18,20)(H,19,22)/t15-,27?/m0/s1. The summed E-state index contributed by atoms with van der Waals surface area (Å²) >= 11 is 1.21. The van der Waals surface area contributed by atoms with E-state index < -0.39 is 25.2 Å². The Morgan fingerprint density at radius 3 is 2.54 bits per heavy atom. The van der Waals surface area contributed by atoms with Gasteiger partial charge < -0.3 is 10.6 Å². The van der Waals surface area contributed by atoms with E-state index in [0.29, 0.717) is 24.6 Å². The fraction of sp³-hybridized carbons (Fsp3) is 0.824. The summed E-state index contributed by atoms with van der Waals surface area (Å²) in [4.78, 5) is 35.8. The fourth-order valence-corrected chi connectivity index (χ4v) is 4.62. The van der Waals surface area contributed by atoms with Crippen molar-refractivity contribution < 1.29 is 32.5 Å². The molecule has 9 nitrogen and oxygen atoms in total. The molecule has 1 saturated heterocycles. The Morgan fingerprint density at radius 2 is 1.93 bits per heavy atom. The van der Waals surface area contributed by atoms with Crippen molar-refractivity contribution in [3.8, 4) is 0 Å². The first kappa shape index (κ1) is 25.1. The quantitative estimate of drug-likeness (QED) is 0.393. The minimum Gasteiger partial charge on any atom is -0.355 e. The van der Waals surface area contributed by atoms with Crippen LogP contribution < -0.4 is 10.6 Å². The molecule has 1 rings (SSSR count). The Kier molecular flexibility index (Phi) is 10.1. The highest BCUT2D eigenvalue weighted by atomic mass is 32.2. The van der Waals surface area contributed by atoms with Gasteiger partial charge in [0, 0.05) is 44.2 Å². The molecule has 1 aliphatic heterocycles. The number of carbonyl (C=O) groups is 3. The summed E-state index contributed by atoms with van der Waals surface area (Å²) in [6, 6.07) is 0. The largest absolute Gasteiger partial charge is 0.475 e. The number of thioether (sulfide) groups is 1. The third kappa shape index (κ3) is 8.61. The number of phosphoric ester groups is 1. The van der Waals surface area contributed by atoms with E-state index in [-0.39, 0.29) is 30.6 Å². The van der Waals surface area contributed by atoms with Gasteiger partial charge in [-0.25, -0.2) is 4.57 Å². The molecule has 28 heavy (non-hydrogen) atoms. The van der Waals surface area contributed by atoms with Crippen LogP contribution in [0.4, 0.5) is 0 Å². The molecule has 0 saturated carbocycles. The maximum atomic E-state index is 12.4. The summed E-state index contributed by atoms with van der Waals surface area (Å²) in [5.41, 5.74) is -0.696. The van der Waals surface area contributed by atoms with E-state index in [9.17, 15) is 18.9 Å². The normalized spacial score (nSPS) is 24.0. The molecule has 2 N–H and O–H groups in total. The van der Waals surface area contributed by atoms with E-state index in [1.165, 1.54) is 18.9 Å². The summed E-state index contributed by atoms with van der Waals surface area (Å²) < 4.78 is 27.2. The fourth-order valence-electron chi connectivity index (χ4n) is 2.35. The second-order valence-electron chi connectivity index (χ2n) is 7.59. The molecule has 0 aromatic carbocycles. The van der Waals surface area contributed by atoms with Gasteiger partial charge in [0.25, 0.3) is 0 Å². The summed E-state index contributed by atoms with van der Waals surface area (Å²) in [6.07, 6.45) is -0.411. The summed E-state index contributed by atoms with van der Waals surface area (Å²) in [6.45, 7) is 8.00. The van der Waals surface area contributed by atoms with Crippen molar-refractivity contribution in [1.82, 2.24) is 10.6 Å². The second kappa shape index (κ2) is 11.3. The Labute approximate surface area is 170 Å². The molecule has 1 fully saturated rings. The first-order valence-corrected chi connectivity index (χ1v) is 11.6. The Hall–Kier alpha value is -0.930. The molecule has 2 amide bonds. The lowest BCUT2D eigenvalue weighted by Crippen LogP contribution is -2.50. The Morgan fingerprint density at radius 1 is 1.25 bits per heavy atom. The highest BCUT2D eigenvalue weighted by Crippen LogP contribution is 2.56. The topological polar surface area (TPSA) is 120 Å². The molecule has 0 aromatic heterocycles. The zero-order chi connectivity index (χ0) is 21.4. The summed E-state index contributed by atoms with van der Waals surface area (Å²) in [7, 11) is -2.55. The lowest BCUT2D eigenvalue weighted by atomic mass is 9.87. The smallest absolute Gasteiger partial charge is 0.355 e. The number of amides is 2. The molecule has 0 radical (unpaired) electrons. The lowest BCUT2D eigenvalue weighted by Gasteiger charge is -2.39. The van der Waals surface area contributed by atoms with E-state index in [2.05, 4.69) is 10.6 Å². The van der Waals surface area contributed by atoms with E-state index in [4.69, 9.17) is 13.6 Å². The average Bonchev–Trinajstić information content (AvgIpc) is 2.60. The second-order valence-corrected chi connectivity index (χ2v) is 10.5. The van der Waals surface area contributed by atoms with Crippen LogP contribution in [0.1, 0.15) is 40.5 Å². The van der Waals surface area contributed by atoms with Crippen LogP contribution in [0, 0.1) is 11.3 Å². The van der Waals surface area contributed by atoms with Crippen molar-refractivity contribution in [2.24, 2.45) is 11.3 Å². The van der Waals surface area contributed by atoms with Gasteiger partial charge in [-0.15, -0.1) is 0 Å². The van der Waals surface area contributed by atoms with E-state index in [0.717, 1.165) is 0 Å². The third-order valence-corrected chi connectivity index (χ3v) is 6.17. The maximum absolute atomic E-state index is 12.4. The molecule has 0 aliphatic carbocycles. The average molecular weight is 438 g/mol. The van der Waals surface area contributed by atoms with Crippen LogP contribution in [-0.2, 0) is 32.5 Å². The Balaban J connectivity index is 2.30. The van der Waals surface area contributed by atoms with Crippen molar-refractivity contribution in [3.63, 3.8) is 0 Å². The molecular weight excluding hydrogens is 407 g/mol. The van der Waals surface area contributed by atoms with E-state index >= 15 is 0 Å². The van der Waals surface area contributed by atoms with Gasteiger partial charge in [-0.2, -0.15) is 0 Å². The molecule has 0 bridgehead atoms. The number of rotatable bonds is 10. The van der Waals surface area contributed by atoms with Crippen LogP contribution in [0.2, 0.25) is 0 Å². The zero-order valence-electron chi connectivity index (χ0n) is 17.1. The number of hydrogen-bond donors (Lipinski definition) is 2. The number of hydrogen-bond acceptors (Lipinski definition) is 8. The van der Waals surface area contributed by atoms with Gasteiger partial charge in [-0.3, -0.25) is 28.0 Å². The SMILES string of the molecule is COP1(=O)OCC(C)(C)[C@H](C(=O)NCCC(=O)NCCSC(=O)CC(C)C)O1. The van der Waals surface area contributed by atoms with Crippen LogP contribution in [0.25, 0.3) is 0 Å². The molecule has 162 valence electrons. The van der Waals surface area contributed by atoms with E-state index in [1.807, 2.05) is 13.8 Å². The van der Waals surface area contributed by atoms with Gasteiger partial charge in [-0.05, 0) is 5.92 Å². The molecule has 1 aliphatic rings. The number of nitrogens with one attached hydrogen (secondary N) is 2. The van der Waals surface area contributed by atoms with Gasteiger partial charge in [-0.1, -0.05) is 39.5 Å². The van der Waals surface area contributed by atoms with Gasteiger partial charge in [0.1, 0.15) is 0 Å². The highest BCUT2D eigenvalue weighted by Gasteiger charge is 2.48. The lowest BCUT2D eigenvalue weighted by molar-refractivity contribution is -0.141. The Bertz CT molecular complexity index is 612. The van der Waals surface area contributed by atoms with Crippen molar-refractivity contribution in [3.05, 3.63) is 0 Å². The van der Waals surface area contributed by atoms with Gasteiger partial charge in [0.2, 0.25) is 11.8 Å². The van der Waals surface area contributed by atoms with Gasteiger partial charge in [0.15, 0.2) is 11.2 Å². The van der Waals surface area contributed by atoms with Gasteiger partial charge in [0.05, 0.1) is 6.61 Å². The van der Waals surface area contributed by atoms with Crippen LogP contribution in [0.5, 0.6) is 0 Å². The summed E-state index contributed by atoms with van der Waals surface area (Å²) in [5, 5.41) is 5.43. The van der Waals surface area contributed by atoms with Crippen LogP contribution in [0.15, 0.2) is 0 Å². The molecule has 11 heteroatoms. The van der Waals surface area contributed by atoms with Crippen LogP contribution in [-0.4, -0.2) is 55.6 Å².